The molecule has 98 valence electrons. The zero-order valence-electron chi connectivity index (χ0n) is 11.0. The van der Waals surface area contributed by atoms with Gasteiger partial charge < -0.3 is 15.3 Å². The Bertz CT molecular complexity index is 279. The van der Waals surface area contributed by atoms with Crippen molar-refractivity contribution in [2.24, 2.45) is 5.92 Å². The van der Waals surface area contributed by atoms with E-state index in [1.54, 1.807) is 0 Å². The van der Waals surface area contributed by atoms with Gasteiger partial charge in [0, 0.05) is 24.2 Å². The third-order valence-corrected chi connectivity index (χ3v) is 4.94. The minimum absolute atomic E-state index is 0.0532. The van der Waals surface area contributed by atoms with Crippen LogP contribution in [0.15, 0.2) is 0 Å². The molecule has 0 aromatic carbocycles. The summed E-state index contributed by atoms with van der Waals surface area (Å²) in [5, 5.41) is 13.4. The average molecular weight is 238 g/mol. The first-order chi connectivity index (χ1) is 8.21. The smallest absolute Gasteiger partial charge is 0.0614 e. The van der Waals surface area contributed by atoms with Crippen LogP contribution in [0.4, 0.5) is 0 Å². The maximum atomic E-state index is 9.72. The summed E-state index contributed by atoms with van der Waals surface area (Å²) in [6, 6.07) is 1.43. The quantitative estimate of drug-likeness (QED) is 0.776. The third-order valence-electron chi connectivity index (χ3n) is 4.94. The summed E-state index contributed by atoms with van der Waals surface area (Å²) in [5.41, 5.74) is 0.0532. The van der Waals surface area contributed by atoms with Crippen LogP contribution in [0, 0.1) is 5.92 Å². The van der Waals surface area contributed by atoms with E-state index < -0.39 is 0 Å². The Morgan fingerprint density at radius 1 is 1.29 bits per heavy atom. The van der Waals surface area contributed by atoms with E-state index in [4.69, 9.17) is 0 Å². The lowest BCUT2D eigenvalue weighted by molar-refractivity contribution is 0.147. The number of hydrogen-bond acceptors (Lipinski definition) is 3. The lowest BCUT2D eigenvalue weighted by Gasteiger charge is -2.31. The summed E-state index contributed by atoms with van der Waals surface area (Å²) in [6.07, 6.45) is 7.58. The van der Waals surface area contributed by atoms with Crippen LogP contribution < -0.4 is 5.32 Å². The molecule has 0 amide bonds. The Kier molecular flexibility index (Phi) is 3.18. The van der Waals surface area contributed by atoms with E-state index in [0.717, 1.165) is 24.8 Å². The van der Waals surface area contributed by atoms with Gasteiger partial charge in [0.2, 0.25) is 0 Å². The van der Waals surface area contributed by atoms with E-state index in [2.05, 4.69) is 17.1 Å². The fourth-order valence-electron chi connectivity index (χ4n) is 3.69. The Labute approximate surface area is 105 Å². The normalized spacial score (nSPS) is 43.4. The highest BCUT2D eigenvalue weighted by Gasteiger charge is 2.44. The minimum atomic E-state index is 0.0532. The molecule has 17 heavy (non-hydrogen) atoms. The first-order valence-electron chi connectivity index (χ1n) is 7.33. The Balaban J connectivity index is 1.59. The van der Waals surface area contributed by atoms with Gasteiger partial charge in [0.15, 0.2) is 0 Å². The molecule has 3 rings (SSSR count). The zero-order valence-corrected chi connectivity index (χ0v) is 11.0. The van der Waals surface area contributed by atoms with E-state index in [1.165, 1.54) is 38.8 Å². The van der Waals surface area contributed by atoms with Crippen molar-refractivity contribution in [2.75, 3.05) is 19.7 Å². The van der Waals surface area contributed by atoms with Crippen molar-refractivity contribution in [3.8, 4) is 0 Å². The highest BCUT2D eigenvalue weighted by atomic mass is 16.3. The lowest BCUT2D eigenvalue weighted by atomic mass is 9.98. The summed E-state index contributed by atoms with van der Waals surface area (Å²) in [6.45, 7) is 5.23. The molecule has 3 unspecified atom stereocenters. The summed E-state index contributed by atoms with van der Waals surface area (Å²) >= 11 is 0. The van der Waals surface area contributed by atoms with Crippen LogP contribution in [0.1, 0.15) is 45.4 Å². The molecule has 3 atom stereocenters. The van der Waals surface area contributed by atoms with Gasteiger partial charge in [0.1, 0.15) is 0 Å². The second-order valence-corrected chi connectivity index (χ2v) is 6.64. The SMILES string of the molecule is CC1CCN(C2CCC(CO)(NC3CC3)C2)C1. The Morgan fingerprint density at radius 2 is 2.12 bits per heavy atom. The fourth-order valence-corrected chi connectivity index (χ4v) is 3.69. The van der Waals surface area contributed by atoms with E-state index in [1.807, 2.05) is 0 Å². The number of hydrogen-bond donors (Lipinski definition) is 2. The van der Waals surface area contributed by atoms with Crippen LogP contribution in [0.25, 0.3) is 0 Å². The molecule has 3 nitrogen and oxygen atoms in total. The molecule has 2 saturated carbocycles. The summed E-state index contributed by atoms with van der Waals surface area (Å²) in [4.78, 5) is 2.66. The Hall–Kier alpha value is -0.120. The van der Waals surface area contributed by atoms with Gasteiger partial charge in [-0.2, -0.15) is 0 Å². The minimum Gasteiger partial charge on any atom is -0.394 e. The lowest BCUT2D eigenvalue weighted by Crippen LogP contribution is -2.49. The molecule has 1 heterocycles. The van der Waals surface area contributed by atoms with Gasteiger partial charge >= 0.3 is 0 Å². The molecule has 3 fully saturated rings. The number of nitrogens with zero attached hydrogens (tertiary/aromatic N) is 1. The zero-order chi connectivity index (χ0) is 11.9. The van der Waals surface area contributed by atoms with Crippen molar-refractivity contribution < 1.29 is 5.11 Å². The molecule has 0 aromatic rings. The highest BCUT2D eigenvalue weighted by Crippen LogP contribution is 2.37. The van der Waals surface area contributed by atoms with Crippen molar-refractivity contribution in [3.63, 3.8) is 0 Å². The molecule has 3 heteroatoms. The van der Waals surface area contributed by atoms with Gasteiger partial charge in [-0.3, -0.25) is 0 Å². The average Bonchev–Trinajstić information content (AvgIpc) is 2.86. The molecule has 2 aliphatic carbocycles. The number of rotatable bonds is 4. The second kappa shape index (κ2) is 4.52. The molecular formula is C14H26N2O. The van der Waals surface area contributed by atoms with Crippen molar-refractivity contribution in [1.29, 1.82) is 0 Å². The van der Waals surface area contributed by atoms with Crippen molar-refractivity contribution in [3.05, 3.63) is 0 Å². The number of aliphatic hydroxyl groups is 1. The van der Waals surface area contributed by atoms with Crippen LogP contribution in [0.2, 0.25) is 0 Å². The van der Waals surface area contributed by atoms with Crippen LogP contribution in [-0.4, -0.2) is 47.3 Å². The number of likely N-dealkylation sites (tertiary alicyclic amines) is 1. The topological polar surface area (TPSA) is 35.5 Å². The predicted molar refractivity (Wildman–Crippen MR) is 69.0 cm³/mol. The monoisotopic (exact) mass is 238 g/mol. The molecular weight excluding hydrogens is 212 g/mol. The van der Waals surface area contributed by atoms with Crippen molar-refractivity contribution in [1.82, 2.24) is 10.2 Å². The fraction of sp³-hybridized carbons (Fsp3) is 1.00. The van der Waals surface area contributed by atoms with E-state index in [9.17, 15) is 5.11 Å². The number of nitrogens with one attached hydrogen (secondary N) is 1. The molecule has 2 N–H and O–H groups in total. The highest BCUT2D eigenvalue weighted by molar-refractivity contribution is 5.03. The summed E-state index contributed by atoms with van der Waals surface area (Å²) < 4.78 is 0. The van der Waals surface area contributed by atoms with Gasteiger partial charge in [-0.1, -0.05) is 6.92 Å². The van der Waals surface area contributed by atoms with Gasteiger partial charge in [-0.05, 0) is 51.0 Å². The molecule has 0 bridgehead atoms. The van der Waals surface area contributed by atoms with Crippen molar-refractivity contribution >= 4 is 0 Å². The van der Waals surface area contributed by atoms with E-state index >= 15 is 0 Å². The van der Waals surface area contributed by atoms with Gasteiger partial charge in [-0.25, -0.2) is 0 Å². The summed E-state index contributed by atoms with van der Waals surface area (Å²) in [5.74, 6) is 0.871. The van der Waals surface area contributed by atoms with Gasteiger partial charge in [-0.15, -0.1) is 0 Å². The standard InChI is InChI=1S/C14H26N2O/c1-11-5-7-16(9-11)13-4-6-14(8-13,10-17)15-12-2-3-12/h11-13,15,17H,2-10H2,1H3. The molecule has 0 aromatic heterocycles. The third kappa shape index (κ3) is 2.51. The Morgan fingerprint density at radius 3 is 2.71 bits per heavy atom. The number of aliphatic hydroxyl groups excluding tert-OH is 1. The predicted octanol–water partition coefficient (Wildman–Crippen LogP) is 1.36. The molecule has 0 radical (unpaired) electrons. The summed E-state index contributed by atoms with van der Waals surface area (Å²) in [7, 11) is 0. The first-order valence-corrected chi connectivity index (χ1v) is 7.33. The molecule has 0 spiro atoms. The van der Waals surface area contributed by atoms with Gasteiger partial charge in [0.05, 0.1) is 6.61 Å². The second-order valence-electron chi connectivity index (χ2n) is 6.64. The molecule has 3 aliphatic rings. The maximum Gasteiger partial charge on any atom is 0.0614 e. The largest absolute Gasteiger partial charge is 0.394 e. The van der Waals surface area contributed by atoms with E-state index in [0.29, 0.717) is 12.6 Å². The van der Waals surface area contributed by atoms with Crippen LogP contribution >= 0.6 is 0 Å². The molecule has 1 aliphatic heterocycles. The van der Waals surface area contributed by atoms with Crippen LogP contribution in [0.5, 0.6) is 0 Å². The maximum absolute atomic E-state index is 9.72. The van der Waals surface area contributed by atoms with Gasteiger partial charge in [0.25, 0.3) is 0 Å². The molecule has 1 saturated heterocycles. The van der Waals surface area contributed by atoms with Crippen LogP contribution in [0.3, 0.4) is 0 Å². The first kappa shape index (κ1) is 11.9. The van der Waals surface area contributed by atoms with E-state index in [-0.39, 0.29) is 5.54 Å². The van der Waals surface area contributed by atoms with Crippen LogP contribution in [-0.2, 0) is 0 Å². The van der Waals surface area contributed by atoms with Crippen molar-refractivity contribution in [2.45, 2.75) is 63.1 Å².